The molecule has 0 radical (unpaired) electrons. The van der Waals surface area contributed by atoms with Crippen molar-refractivity contribution >= 4 is 17.6 Å². The Morgan fingerprint density at radius 3 is 2.73 bits per heavy atom. The fraction of sp³-hybridized carbons (Fsp3) is 0.538. The van der Waals surface area contributed by atoms with Gasteiger partial charge in [0.15, 0.2) is 0 Å². The number of ether oxygens (including phenoxy) is 1. The van der Waals surface area contributed by atoms with E-state index in [2.05, 4.69) is 25.2 Å². The first-order chi connectivity index (χ1) is 10.6. The number of anilines is 3. The minimum atomic E-state index is 0.251. The van der Waals surface area contributed by atoms with Crippen molar-refractivity contribution in [2.75, 3.05) is 48.9 Å². The summed E-state index contributed by atoms with van der Waals surface area (Å²) >= 11 is 0. The summed E-state index contributed by atoms with van der Waals surface area (Å²) in [7, 11) is 1.92. The molecule has 0 aromatic carbocycles. The predicted octanol–water partition coefficient (Wildman–Crippen LogP) is 0.223. The average Bonchev–Trinajstić information content (AvgIpc) is 2.92. The average molecular weight is 305 g/mol. The van der Waals surface area contributed by atoms with Crippen molar-refractivity contribution in [1.29, 1.82) is 0 Å². The van der Waals surface area contributed by atoms with Gasteiger partial charge in [0.1, 0.15) is 23.0 Å². The van der Waals surface area contributed by atoms with Crippen LogP contribution in [-0.2, 0) is 11.3 Å². The van der Waals surface area contributed by atoms with Crippen LogP contribution in [0.15, 0.2) is 10.7 Å². The highest BCUT2D eigenvalue weighted by atomic mass is 16.6. The number of hydrogen-bond acceptors (Lipinski definition) is 9. The normalized spacial score (nSPS) is 15.1. The van der Waals surface area contributed by atoms with E-state index in [1.807, 2.05) is 24.9 Å². The van der Waals surface area contributed by atoms with Crippen molar-refractivity contribution < 1.29 is 9.37 Å². The molecule has 0 bridgehead atoms. The van der Waals surface area contributed by atoms with Gasteiger partial charge < -0.3 is 20.3 Å². The zero-order valence-corrected chi connectivity index (χ0v) is 12.7. The van der Waals surface area contributed by atoms with Gasteiger partial charge in [0.25, 0.3) is 0 Å². The molecular weight excluding hydrogens is 286 g/mol. The second-order valence-electron chi connectivity index (χ2n) is 5.19. The highest BCUT2D eigenvalue weighted by molar-refractivity contribution is 5.54. The van der Waals surface area contributed by atoms with Crippen molar-refractivity contribution in [2.45, 2.75) is 13.5 Å². The second-order valence-corrected chi connectivity index (χ2v) is 5.19. The number of rotatable bonds is 4. The largest absolute Gasteiger partial charge is 0.378 e. The minimum Gasteiger partial charge on any atom is -0.378 e. The van der Waals surface area contributed by atoms with Crippen LogP contribution < -0.4 is 15.5 Å². The first-order valence-corrected chi connectivity index (χ1v) is 7.10. The molecule has 0 atom stereocenters. The Bertz CT molecular complexity index is 639. The van der Waals surface area contributed by atoms with Gasteiger partial charge in [-0.3, -0.25) is 0 Å². The van der Waals surface area contributed by atoms with Crippen LogP contribution in [0.2, 0.25) is 0 Å². The number of nitrogens with zero attached hydrogens (tertiary/aromatic N) is 6. The van der Waals surface area contributed by atoms with Crippen LogP contribution >= 0.6 is 0 Å². The van der Waals surface area contributed by atoms with Crippen molar-refractivity contribution in [3.63, 3.8) is 0 Å². The minimum absolute atomic E-state index is 0.251. The predicted molar refractivity (Wildman–Crippen MR) is 80.6 cm³/mol. The molecule has 3 rings (SSSR count). The van der Waals surface area contributed by atoms with Crippen LogP contribution in [0.3, 0.4) is 0 Å². The summed E-state index contributed by atoms with van der Waals surface area (Å²) in [5.41, 5.74) is 7.39. The fourth-order valence-electron chi connectivity index (χ4n) is 2.29. The monoisotopic (exact) mass is 305 g/mol. The summed E-state index contributed by atoms with van der Waals surface area (Å²) in [6, 6.07) is 1.92. The number of hydrogen-bond donors (Lipinski definition) is 1. The van der Waals surface area contributed by atoms with E-state index in [1.54, 1.807) is 0 Å². The first kappa shape index (κ1) is 14.5. The molecule has 1 fully saturated rings. The molecule has 0 amide bonds. The summed E-state index contributed by atoms with van der Waals surface area (Å²) in [5, 5.41) is 7.67. The number of aryl methyl sites for hydroxylation is 1. The van der Waals surface area contributed by atoms with E-state index in [9.17, 15) is 0 Å². The van der Waals surface area contributed by atoms with Crippen LogP contribution in [0.1, 0.15) is 11.4 Å². The van der Waals surface area contributed by atoms with Gasteiger partial charge in [0.2, 0.25) is 5.95 Å². The van der Waals surface area contributed by atoms with E-state index in [1.165, 1.54) is 0 Å². The van der Waals surface area contributed by atoms with Gasteiger partial charge in [-0.1, -0.05) is 10.3 Å². The van der Waals surface area contributed by atoms with Crippen LogP contribution in [0.5, 0.6) is 0 Å². The van der Waals surface area contributed by atoms with Gasteiger partial charge in [-0.25, -0.2) is 4.63 Å². The Labute approximate surface area is 128 Å². The molecule has 1 saturated heterocycles. The molecule has 1 aliphatic heterocycles. The smallest absolute Gasteiger partial charge is 0.223 e. The molecular formula is C13H19N7O2. The maximum atomic E-state index is 5.85. The number of nitrogens with two attached hydrogens (primary N) is 1. The Morgan fingerprint density at radius 2 is 2.05 bits per heavy atom. The topological polar surface area (TPSA) is 106 Å². The molecule has 2 N–H and O–H groups in total. The first-order valence-electron chi connectivity index (χ1n) is 7.10. The summed E-state index contributed by atoms with van der Waals surface area (Å²) in [6.07, 6.45) is 0. The highest BCUT2D eigenvalue weighted by Gasteiger charge is 2.17. The Kier molecular flexibility index (Phi) is 4.05. The summed E-state index contributed by atoms with van der Waals surface area (Å²) in [4.78, 5) is 12.7. The molecule has 0 saturated carbocycles. The second kappa shape index (κ2) is 6.14. The Balaban J connectivity index is 1.80. The van der Waals surface area contributed by atoms with E-state index in [4.69, 9.17) is 15.1 Å². The standard InChI is InChI=1S/C13H19N7O2/c1-9-10(18-22-17-9)8-19(2)11-7-12(16-13(14)15-11)20-3-5-21-6-4-20/h7H,3-6,8H2,1-2H3,(H2,14,15,16). The molecule has 3 heterocycles. The SMILES string of the molecule is Cc1nonc1CN(C)c1cc(N2CCOCC2)nc(N)n1. The van der Waals surface area contributed by atoms with E-state index < -0.39 is 0 Å². The lowest BCUT2D eigenvalue weighted by Gasteiger charge is -2.28. The lowest BCUT2D eigenvalue weighted by molar-refractivity contribution is 0.122. The maximum absolute atomic E-state index is 5.85. The third-order valence-corrected chi connectivity index (χ3v) is 3.58. The third kappa shape index (κ3) is 3.08. The molecule has 2 aromatic rings. The van der Waals surface area contributed by atoms with E-state index in [0.29, 0.717) is 19.8 Å². The number of morpholine rings is 1. The van der Waals surface area contributed by atoms with Crippen molar-refractivity contribution in [3.05, 3.63) is 17.5 Å². The van der Waals surface area contributed by atoms with Gasteiger partial charge in [0, 0.05) is 26.2 Å². The Hall–Kier alpha value is -2.42. The molecule has 0 aliphatic carbocycles. The lowest BCUT2D eigenvalue weighted by atomic mass is 10.3. The lowest BCUT2D eigenvalue weighted by Crippen LogP contribution is -2.37. The van der Waals surface area contributed by atoms with E-state index in [0.717, 1.165) is 36.1 Å². The zero-order chi connectivity index (χ0) is 15.5. The van der Waals surface area contributed by atoms with E-state index >= 15 is 0 Å². The molecule has 1 aliphatic rings. The molecule has 118 valence electrons. The summed E-state index contributed by atoms with van der Waals surface area (Å²) in [6.45, 7) is 5.37. The van der Waals surface area contributed by atoms with Crippen molar-refractivity contribution in [1.82, 2.24) is 20.3 Å². The Morgan fingerprint density at radius 1 is 1.27 bits per heavy atom. The van der Waals surface area contributed by atoms with Crippen LogP contribution in [0.25, 0.3) is 0 Å². The quantitative estimate of drug-likeness (QED) is 0.848. The number of aromatic nitrogens is 4. The molecule has 2 aromatic heterocycles. The maximum Gasteiger partial charge on any atom is 0.223 e. The molecule has 9 nitrogen and oxygen atoms in total. The highest BCUT2D eigenvalue weighted by Crippen LogP contribution is 2.21. The molecule has 0 unspecified atom stereocenters. The fourth-order valence-corrected chi connectivity index (χ4v) is 2.29. The van der Waals surface area contributed by atoms with Crippen LogP contribution in [0, 0.1) is 6.92 Å². The van der Waals surface area contributed by atoms with Gasteiger partial charge in [-0.05, 0) is 6.92 Å². The number of nitrogen functional groups attached to an aromatic ring is 1. The molecule has 22 heavy (non-hydrogen) atoms. The summed E-state index contributed by atoms with van der Waals surface area (Å²) in [5.74, 6) is 1.80. The van der Waals surface area contributed by atoms with Crippen LogP contribution in [0.4, 0.5) is 17.6 Å². The molecule has 0 spiro atoms. The molecule has 9 heteroatoms. The van der Waals surface area contributed by atoms with Crippen LogP contribution in [-0.4, -0.2) is 53.6 Å². The van der Waals surface area contributed by atoms with Gasteiger partial charge in [-0.2, -0.15) is 9.97 Å². The van der Waals surface area contributed by atoms with Crippen molar-refractivity contribution in [2.24, 2.45) is 0 Å². The van der Waals surface area contributed by atoms with E-state index in [-0.39, 0.29) is 5.95 Å². The van der Waals surface area contributed by atoms with Crippen molar-refractivity contribution in [3.8, 4) is 0 Å². The zero-order valence-electron chi connectivity index (χ0n) is 12.7. The van der Waals surface area contributed by atoms with Gasteiger partial charge >= 0.3 is 0 Å². The van der Waals surface area contributed by atoms with Gasteiger partial charge in [-0.15, -0.1) is 0 Å². The summed E-state index contributed by atoms with van der Waals surface area (Å²) < 4.78 is 10.1. The van der Waals surface area contributed by atoms with Gasteiger partial charge in [0.05, 0.1) is 19.8 Å². The third-order valence-electron chi connectivity index (χ3n) is 3.58.